The van der Waals surface area contributed by atoms with Crippen LogP contribution in [0.5, 0.6) is 11.5 Å². The number of hydrogen-bond acceptors (Lipinski definition) is 5. The fourth-order valence-corrected chi connectivity index (χ4v) is 3.53. The molecule has 0 saturated carbocycles. The predicted molar refractivity (Wildman–Crippen MR) is 109 cm³/mol. The predicted octanol–water partition coefficient (Wildman–Crippen LogP) is 1.19. The molecule has 0 aromatic heterocycles. The largest absolute Gasteiger partial charge is 0.490 e. The zero-order valence-electron chi connectivity index (χ0n) is 14.3. The van der Waals surface area contributed by atoms with Gasteiger partial charge in [-0.2, -0.15) is 0 Å². The van der Waals surface area contributed by atoms with Crippen molar-refractivity contribution >= 4 is 35.6 Å². The van der Waals surface area contributed by atoms with Gasteiger partial charge in [-0.3, -0.25) is 14.8 Å². The third-order valence-electron chi connectivity index (χ3n) is 4.88. The van der Waals surface area contributed by atoms with Gasteiger partial charge in [0.05, 0.1) is 19.8 Å². The Hall–Kier alpha value is -1.26. The van der Waals surface area contributed by atoms with Gasteiger partial charge in [-0.15, -0.1) is 24.0 Å². The molecule has 4 aliphatic heterocycles. The number of hydrogen-bond donors (Lipinski definition) is 2. The first kappa shape index (κ1) is 18.5. The Bertz CT molecular complexity index is 619. The molecular weight excluding hydrogens is 433 g/mol. The van der Waals surface area contributed by atoms with E-state index in [0.717, 1.165) is 49.8 Å². The molecule has 3 saturated heterocycles. The second kappa shape index (κ2) is 8.41. The maximum atomic E-state index is 6.06. The lowest BCUT2D eigenvalue weighted by Gasteiger charge is -2.47. The van der Waals surface area contributed by atoms with Gasteiger partial charge in [0.1, 0.15) is 0 Å². The SMILES string of the molecule is I.NC(=NCC1CN2CCN1CC2)Nc1ccc2c(c1)OCCCO2. The molecular formula is C17H26IN5O2. The first-order valence-corrected chi connectivity index (χ1v) is 8.71. The van der Waals surface area contributed by atoms with Crippen molar-refractivity contribution in [1.82, 2.24) is 9.80 Å². The lowest BCUT2D eigenvalue weighted by molar-refractivity contribution is 0.0174. The first-order valence-electron chi connectivity index (χ1n) is 8.71. The Morgan fingerprint density at radius 1 is 1.16 bits per heavy atom. The summed E-state index contributed by atoms with van der Waals surface area (Å²) in [4.78, 5) is 9.56. The minimum atomic E-state index is 0. The van der Waals surface area contributed by atoms with Crippen molar-refractivity contribution in [2.45, 2.75) is 12.5 Å². The fourth-order valence-electron chi connectivity index (χ4n) is 3.53. The van der Waals surface area contributed by atoms with Crippen molar-refractivity contribution in [2.24, 2.45) is 10.7 Å². The van der Waals surface area contributed by atoms with Gasteiger partial charge in [0.2, 0.25) is 0 Å². The highest BCUT2D eigenvalue weighted by Gasteiger charge is 2.31. The van der Waals surface area contributed by atoms with Crippen LogP contribution in [-0.2, 0) is 0 Å². The lowest BCUT2D eigenvalue weighted by Crippen LogP contribution is -2.61. The number of guanidine groups is 1. The molecule has 7 nitrogen and oxygen atoms in total. The van der Waals surface area contributed by atoms with Crippen LogP contribution in [0.25, 0.3) is 0 Å². The highest BCUT2D eigenvalue weighted by atomic mass is 127. The van der Waals surface area contributed by atoms with Gasteiger partial charge in [-0.05, 0) is 12.1 Å². The molecule has 2 bridgehead atoms. The molecule has 0 radical (unpaired) electrons. The molecule has 4 heterocycles. The van der Waals surface area contributed by atoms with Gasteiger partial charge in [0.25, 0.3) is 0 Å². The molecule has 1 atom stereocenters. The summed E-state index contributed by atoms with van der Waals surface area (Å²) in [5.41, 5.74) is 6.93. The van der Waals surface area contributed by atoms with E-state index < -0.39 is 0 Å². The lowest BCUT2D eigenvalue weighted by atomic mass is 10.1. The van der Waals surface area contributed by atoms with E-state index >= 15 is 0 Å². The number of nitrogens with one attached hydrogen (secondary N) is 1. The average molecular weight is 459 g/mol. The Labute approximate surface area is 165 Å². The number of halogens is 1. The highest BCUT2D eigenvalue weighted by Crippen LogP contribution is 2.32. The van der Waals surface area contributed by atoms with Crippen LogP contribution in [0.1, 0.15) is 6.42 Å². The van der Waals surface area contributed by atoms with Crippen molar-refractivity contribution < 1.29 is 9.47 Å². The van der Waals surface area contributed by atoms with Gasteiger partial charge < -0.3 is 20.5 Å². The standard InChI is InChI=1S/C17H25N5O2.HI/c18-17(19-11-14-12-21-4-6-22(14)7-5-21)20-13-2-3-15-16(10-13)24-9-1-8-23-15;/h2-3,10,14H,1,4-9,11-12H2,(H3,18,19,20);1H. The van der Waals surface area contributed by atoms with Gasteiger partial charge in [0.15, 0.2) is 17.5 Å². The minimum absolute atomic E-state index is 0. The molecule has 1 aromatic carbocycles. The normalized spacial score (nSPS) is 28.0. The van der Waals surface area contributed by atoms with E-state index in [4.69, 9.17) is 15.2 Å². The molecule has 3 N–H and O–H groups in total. The van der Waals surface area contributed by atoms with E-state index in [1.54, 1.807) is 0 Å². The number of aliphatic imine (C=N–C) groups is 1. The van der Waals surface area contributed by atoms with E-state index in [2.05, 4.69) is 20.1 Å². The molecule has 0 amide bonds. The summed E-state index contributed by atoms with van der Waals surface area (Å²) in [6, 6.07) is 6.25. The van der Waals surface area contributed by atoms with E-state index in [-0.39, 0.29) is 24.0 Å². The molecule has 1 aromatic rings. The molecule has 5 rings (SSSR count). The second-order valence-corrected chi connectivity index (χ2v) is 6.55. The molecule has 0 aliphatic carbocycles. The van der Waals surface area contributed by atoms with E-state index in [1.807, 2.05) is 18.2 Å². The van der Waals surface area contributed by atoms with Gasteiger partial charge in [-0.1, -0.05) is 0 Å². The van der Waals surface area contributed by atoms with Gasteiger partial charge >= 0.3 is 0 Å². The first-order chi connectivity index (χ1) is 11.8. The number of piperazine rings is 3. The number of anilines is 1. The van der Waals surface area contributed by atoms with Crippen molar-refractivity contribution in [3.63, 3.8) is 0 Å². The van der Waals surface area contributed by atoms with Gasteiger partial charge in [0, 0.05) is 56.9 Å². The summed E-state index contributed by atoms with van der Waals surface area (Å²) >= 11 is 0. The molecule has 3 fully saturated rings. The van der Waals surface area contributed by atoms with Crippen molar-refractivity contribution in [1.29, 1.82) is 0 Å². The molecule has 25 heavy (non-hydrogen) atoms. The second-order valence-electron chi connectivity index (χ2n) is 6.55. The van der Waals surface area contributed by atoms with Crippen LogP contribution in [-0.4, -0.2) is 74.3 Å². The summed E-state index contributed by atoms with van der Waals surface area (Å²) < 4.78 is 11.3. The number of benzene rings is 1. The molecule has 138 valence electrons. The maximum Gasteiger partial charge on any atom is 0.193 e. The van der Waals surface area contributed by atoms with Crippen LogP contribution in [0.3, 0.4) is 0 Å². The zero-order valence-corrected chi connectivity index (χ0v) is 16.6. The molecule has 0 spiro atoms. The monoisotopic (exact) mass is 459 g/mol. The van der Waals surface area contributed by atoms with Gasteiger partial charge in [-0.25, -0.2) is 0 Å². The average Bonchev–Trinajstić information content (AvgIpc) is 2.86. The van der Waals surface area contributed by atoms with Crippen LogP contribution in [0.15, 0.2) is 23.2 Å². The summed E-state index contributed by atoms with van der Waals surface area (Å²) in [6.07, 6.45) is 0.899. The van der Waals surface area contributed by atoms with Crippen LogP contribution < -0.4 is 20.5 Å². The summed E-state index contributed by atoms with van der Waals surface area (Å²) in [7, 11) is 0. The maximum absolute atomic E-state index is 6.06. The zero-order chi connectivity index (χ0) is 16.4. The molecule has 1 unspecified atom stereocenters. The van der Waals surface area contributed by atoms with E-state index in [1.165, 1.54) is 13.1 Å². The Morgan fingerprint density at radius 2 is 1.92 bits per heavy atom. The van der Waals surface area contributed by atoms with Crippen LogP contribution in [0.4, 0.5) is 5.69 Å². The fraction of sp³-hybridized carbons (Fsp3) is 0.588. The van der Waals surface area contributed by atoms with Crippen molar-refractivity contribution in [3.8, 4) is 11.5 Å². The van der Waals surface area contributed by atoms with E-state index in [9.17, 15) is 0 Å². The quantitative estimate of drug-likeness (QED) is 0.402. The van der Waals surface area contributed by atoms with Crippen LogP contribution in [0.2, 0.25) is 0 Å². The van der Waals surface area contributed by atoms with Crippen LogP contribution >= 0.6 is 24.0 Å². The Kier molecular flexibility index (Phi) is 6.24. The number of nitrogens with zero attached hydrogens (tertiary/aromatic N) is 3. The summed E-state index contributed by atoms with van der Waals surface area (Å²) in [6.45, 7) is 7.87. The third-order valence-corrected chi connectivity index (χ3v) is 4.88. The smallest absolute Gasteiger partial charge is 0.193 e. The van der Waals surface area contributed by atoms with Crippen LogP contribution in [0, 0.1) is 0 Å². The molecule has 4 aliphatic rings. The summed E-state index contributed by atoms with van der Waals surface area (Å²) in [5, 5.41) is 3.16. The van der Waals surface area contributed by atoms with E-state index in [0.29, 0.717) is 25.2 Å². The third kappa shape index (κ3) is 4.48. The number of fused-ring (bicyclic) bond motifs is 4. The Morgan fingerprint density at radius 3 is 2.64 bits per heavy atom. The Balaban J connectivity index is 0.00000182. The van der Waals surface area contributed by atoms with Crippen molar-refractivity contribution in [2.75, 3.05) is 57.8 Å². The van der Waals surface area contributed by atoms with Crippen molar-refractivity contribution in [3.05, 3.63) is 18.2 Å². The molecule has 8 heteroatoms. The highest BCUT2D eigenvalue weighted by molar-refractivity contribution is 14.0. The topological polar surface area (TPSA) is 75.4 Å². The summed E-state index contributed by atoms with van der Waals surface area (Å²) in [5.74, 6) is 1.99. The minimum Gasteiger partial charge on any atom is -0.490 e. The number of nitrogens with two attached hydrogens (primary N) is 1. The number of ether oxygens (including phenoxy) is 2. The number of rotatable bonds is 3.